The highest BCUT2D eigenvalue weighted by molar-refractivity contribution is 5.97. The molecule has 2 aromatic carbocycles. The Morgan fingerprint density at radius 1 is 1.14 bits per heavy atom. The summed E-state index contributed by atoms with van der Waals surface area (Å²) in [5, 5.41) is 9.27. The van der Waals surface area contributed by atoms with Gasteiger partial charge in [0, 0.05) is 24.3 Å². The molecular weight excluding hydrogens is 496 g/mol. The van der Waals surface area contributed by atoms with Crippen molar-refractivity contribution in [3.8, 4) is 0 Å². The summed E-state index contributed by atoms with van der Waals surface area (Å²) < 4.78 is 60.2. The minimum absolute atomic E-state index is 0.0124. The monoisotopic (exact) mass is 524 g/mol. The number of carboxylic acids is 1. The van der Waals surface area contributed by atoms with Gasteiger partial charge in [-0.2, -0.15) is 13.2 Å². The number of carbonyl (C=O) groups excluding carboxylic acids is 2. The summed E-state index contributed by atoms with van der Waals surface area (Å²) >= 11 is 0. The molecule has 200 valence electrons. The van der Waals surface area contributed by atoms with Crippen LogP contribution in [0.3, 0.4) is 0 Å². The van der Waals surface area contributed by atoms with Gasteiger partial charge < -0.3 is 19.6 Å². The second-order valence-electron chi connectivity index (χ2n) is 8.75. The summed E-state index contributed by atoms with van der Waals surface area (Å²) in [6.07, 6.45) is -3.90. The number of aliphatic carboxylic acids is 1. The highest BCUT2D eigenvalue weighted by Crippen LogP contribution is 2.35. The van der Waals surface area contributed by atoms with Gasteiger partial charge in [0.05, 0.1) is 13.2 Å². The van der Waals surface area contributed by atoms with Crippen LogP contribution in [0, 0.1) is 12.7 Å². The lowest BCUT2D eigenvalue weighted by Gasteiger charge is -2.33. The first-order valence-electron chi connectivity index (χ1n) is 11.8. The molecule has 0 aliphatic carbocycles. The van der Waals surface area contributed by atoms with Crippen LogP contribution >= 0.6 is 0 Å². The van der Waals surface area contributed by atoms with Crippen LogP contribution in [0.5, 0.6) is 0 Å². The smallest absolute Gasteiger partial charge is 0.471 e. The molecule has 3 rings (SSSR count). The van der Waals surface area contributed by atoms with Crippen LogP contribution in [0.25, 0.3) is 0 Å². The number of hydrogen-bond acceptors (Lipinski definition) is 5. The molecule has 0 spiro atoms. The number of halogens is 4. The van der Waals surface area contributed by atoms with Crippen molar-refractivity contribution < 1.29 is 41.8 Å². The Bertz CT molecular complexity index is 1180. The minimum atomic E-state index is -5.21. The third-order valence-corrected chi connectivity index (χ3v) is 6.21. The van der Waals surface area contributed by atoms with Gasteiger partial charge in [0.1, 0.15) is 12.4 Å². The lowest BCUT2D eigenvalue weighted by atomic mass is 9.94. The fourth-order valence-electron chi connectivity index (χ4n) is 4.49. The van der Waals surface area contributed by atoms with E-state index in [1.54, 1.807) is 30.9 Å². The molecule has 0 bridgehead atoms. The Labute approximate surface area is 211 Å². The Kier molecular flexibility index (Phi) is 8.77. The molecule has 0 saturated carbocycles. The zero-order valence-electron chi connectivity index (χ0n) is 20.5. The van der Waals surface area contributed by atoms with Crippen LogP contribution < -0.4 is 9.80 Å². The van der Waals surface area contributed by atoms with E-state index in [2.05, 4.69) is 0 Å². The number of carboxylic acid groups (broad SMARTS) is 1. The fourth-order valence-corrected chi connectivity index (χ4v) is 4.49. The van der Waals surface area contributed by atoms with Crippen LogP contribution in [-0.4, -0.2) is 48.8 Å². The SMILES string of the molecule is CCOC(=O)CCc1ccc(N(Cc2ccc3c(c2C)N(CC(=O)O)CCC3)C(=O)C(F)(F)F)cc1F. The number of rotatable bonds is 9. The molecule has 0 saturated heterocycles. The summed E-state index contributed by atoms with van der Waals surface area (Å²) in [4.78, 5) is 37.4. The third-order valence-electron chi connectivity index (χ3n) is 6.21. The minimum Gasteiger partial charge on any atom is -0.480 e. The largest absolute Gasteiger partial charge is 0.480 e. The van der Waals surface area contributed by atoms with E-state index in [0.717, 1.165) is 18.1 Å². The van der Waals surface area contributed by atoms with Crippen molar-refractivity contribution in [1.82, 2.24) is 0 Å². The average molecular weight is 525 g/mol. The van der Waals surface area contributed by atoms with Crippen LogP contribution in [0.4, 0.5) is 28.9 Å². The molecule has 0 fully saturated rings. The lowest BCUT2D eigenvalue weighted by Crippen LogP contribution is -2.41. The predicted octanol–water partition coefficient (Wildman–Crippen LogP) is 4.56. The van der Waals surface area contributed by atoms with Crippen molar-refractivity contribution in [2.24, 2.45) is 0 Å². The topological polar surface area (TPSA) is 87.2 Å². The van der Waals surface area contributed by atoms with Crippen LogP contribution in [-0.2, 0) is 38.5 Å². The number of fused-ring (bicyclic) bond motifs is 1. The molecule has 2 aromatic rings. The van der Waals surface area contributed by atoms with Gasteiger partial charge in [0.25, 0.3) is 0 Å². The molecule has 0 aromatic heterocycles. The van der Waals surface area contributed by atoms with Crippen LogP contribution in [0.2, 0.25) is 0 Å². The van der Waals surface area contributed by atoms with E-state index >= 15 is 0 Å². The number of ether oxygens (including phenoxy) is 1. The van der Waals surface area contributed by atoms with Crippen LogP contribution in [0.15, 0.2) is 30.3 Å². The van der Waals surface area contributed by atoms with Crippen molar-refractivity contribution in [1.29, 1.82) is 0 Å². The maximum Gasteiger partial charge on any atom is 0.471 e. The molecule has 1 aliphatic rings. The molecule has 11 heteroatoms. The van der Waals surface area contributed by atoms with Crippen molar-refractivity contribution in [3.05, 3.63) is 58.4 Å². The Morgan fingerprint density at radius 3 is 2.46 bits per heavy atom. The third kappa shape index (κ3) is 6.78. The van der Waals surface area contributed by atoms with Gasteiger partial charge in [-0.15, -0.1) is 0 Å². The molecule has 1 heterocycles. The van der Waals surface area contributed by atoms with Crippen molar-refractivity contribution >= 4 is 29.2 Å². The normalized spacial score (nSPS) is 13.2. The molecule has 0 atom stereocenters. The summed E-state index contributed by atoms with van der Waals surface area (Å²) in [6.45, 7) is 3.19. The van der Waals surface area contributed by atoms with Gasteiger partial charge in [0.15, 0.2) is 0 Å². The second kappa shape index (κ2) is 11.6. The second-order valence-corrected chi connectivity index (χ2v) is 8.75. The average Bonchev–Trinajstić information content (AvgIpc) is 2.82. The number of nitrogens with zero attached hydrogens (tertiary/aromatic N) is 2. The number of carbonyl (C=O) groups is 3. The van der Waals surface area contributed by atoms with Gasteiger partial charge in [-0.25, -0.2) is 4.39 Å². The van der Waals surface area contributed by atoms with Crippen molar-refractivity contribution in [2.45, 2.75) is 52.3 Å². The predicted molar refractivity (Wildman–Crippen MR) is 128 cm³/mol. The van der Waals surface area contributed by atoms with E-state index < -0.39 is 36.4 Å². The highest BCUT2D eigenvalue weighted by atomic mass is 19.4. The number of benzene rings is 2. The molecule has 1 amide bonds. The molecule has 0 unspecified atom stereocenters. The molecule has 1 aliphatic heterocycles. The Balaban J connectivity index is 1.95. The molecule has 37 heavy (non-hydrogen) atoms. The zero-order valence-corrected chi connectivity index (χ0v) is 20.5. The maximum atomic E-state index is 14.8. The quantitative estimate of drug-likeness (QED) is 0.382. The number of esters is 1. The number of aryl methyl sites for hydroxylation is 2. The maximum absolute atomic E-state index is 14.8. The highest BCUT2D eigenvalue weighted by Gasteiger charge is 2.43. The summed E-state index contributed by atoms with van der Waals surface area (Å²) in [5.74, 6) is -4.58. The summed E-state index contributed by atoms with van der Waals surface area (Å²) in [6, 6.07) is 6.63. The van der Waals surface area contributed by atoms with Gasteiger partial charge in [-0.05, 0) is 67.5 Å². The number of alkyl halides is 3. The molecule has 0 radical (unpaired) electrons. The Morgan fingerprint density at radius 2 is 1.84 bits per heavy atom. The number of amides is 1. The molecular formula is C26H28F4N2O5. The van der Waals surface area contributed by atoms with E-state index in [-0.39, 0.29) is 37.2 Å². The van der Waals surface area contributed by atoms with E-state index in [1.807, 2.05) is 0 Å². The summed E-state index contributed by atoms with van der Waals surface area (Å²) in [5.41, 5.74) is 2.25. The number of anilines is 2. The fraction of sp³-hybridized carbons (Fsp3) is 0.423. The van der Waals surface area contributed by atoms with E-state index in [1.165, 1.54) is 12.1 Å². The van der Waals surface area contributed by atoms with Crippen molar-refractivity contribution in [2.75, 3.05) is 29.5 Å². The van der Waals surface area contributed by atoms with Crippen molar-refractivity contribution in [3.63, 3.8) is 0 Å². The molecule has 7 nitrogen and oxygen atoms in total. The number of hydrogen-bond donors (Lipinski definition) is 1. The van der Waals surface area contributed by atoms with Gasteiger partial charge >= 0.3 is 24.0 Å². The summed E-state index contributed by atoms with van der Waals surface area (Å²) in [7, 11) is 0. The molecule has 1 N–H and O–H groups in total. The van der Waals surface area contributed by atoms with E-state index in [0.29, 0.717) is 34.7 Å². The first-order chi connectivity index (χ1) is 17.4. The lowest BCUT2D eigenvalue weighted by molar-refractivity contribution is -0.170. The standard InChI is InChI=1S/C26H28F4N2O5/c1-3-37-23(35)11-9-17-8-10-20(13-21(17)27)32(25(36)26(28,29)30)14-19-7-6-18-5-4-12-31(15-22(33)34)24(18)16(19)2/h6-8,10,13H,3-5,9,11-12,14-15H2,1-2H3,(H,33,34). The van der Waals surface area contributed by atoms with Crippen LogP contribution in [0.1, 0.15) is 42.0 Å². The first kappa shape index (κ1) is 27.9. The van der Waals surface area contributed by atoms with Gasteiger partial charge in [0.2, 0.25) is 0 Å². The van der Waals surface area contributed by atoms with Gasteiger partial charge in [-0.3, -0.25) is 14.4 Å². The van der Waals surface area contributed by atoms with E-state index in [4.69, 9.17) is 4.74 Å². The first-order valence-corrected chi connectivity index (χ1v) is 11.8. The Hall–Kier alpha value is -3.63. The van der Waals surface area contributed by atoms with E-state index in [9.17, 15) is 37.1 Å². The van der Waals surface area contributed by atoms with Gasteiger partial charge in [-0.1, -0.05) is 18.2 Å². The zero-order chi connectivity index (χ0) is 27.3.